The molecule has 0 heterocycles. The highest BCUT2D eigenvalue weighted by Gasteiger charge is 2.55. The van der Waals surface area contributed by atoms with Crippen LogP contribution in [0.4, 0.5) is 8.78 Å². The Kier molecular flexibility index (Phi) is 8.08. The predicted molar refractivity (Wildman–Crippen MR) is 123 cm³/mol. The van der Waals surface area contributed by atoms with E-state index < -0.39 is 5.41 Å². The molecule has 184 valence electrons. The van der Waals surface area contributed by atoms with Crippen LogP contribution in [0.2, 0.25) is 0 Å². The average Bonchev–Trinajstić information content (AvgIpc) is 3.70. The number of ether oxygens (including phenoxy) is 2. The van der Waals surface area contributed by atoms with Crippen LogP contribution in [0.5, 0.6) is 0 Å². The topological polar surface area (TPSA) is 72.8 Å². The monoisotopic (exact) mass is 474 g/mol. The highest BCUT2D eigenvalue weighted by molar-refractivity contribution is 5.66. The molecule has 2 aliphatic rings. The third-order valence-electron chi connectivity index (χ3n) is 7.15. The molecule has 0 aliphatic heterocycles. The summed E-state index contributed by atoms with van der Waals surface area (Å²) in [4.78, 5) is 21.5. The number of halogens is 2. The van der Waals surface area contributed by atoms with Gasteiger partial charge >= 0.3 is 11.9 Å². The van der Waals surface area contributed by atoms with Gasteiger partial charge in [-0.2, -0.15) is 0 Å². The fraction of sp³-hybridized carbons (Fsp3) is 0.481. The smallest absolute Gasteiger partial charge is 0.302 e. The van der Waals surface area contributed by atoms with Crippen LogP contribution >= 0.6 is 0 Å². The van der Waals surface area contributed by atoms with E-state index in [-0.39, 0.29) is 48.1 Å². The van der Waals surface area contributed by atoms with E-state index in [9.17, 15) is 23.5 Å². The van der Waals surface area contributed by atoms with Crippen LogP contribution in [-0.2, 0) is 29.9 Å². The maximum absolute atomic E-state index is 13.2. The van der Waals surface area contributed by atoms with Gasteiger partial charge in [0, 0.05) is 36.5 Å². The van der Waals surface area contributed by atoms with Crippen LogP contribution in [0.1, 0.15) is 51.2 Å². The van der Waals surface area contributed by atoms with Crippen molar-refractivity contribution in [3.63, 3.8) is 0 Å². The minimum atomic E-state index is -0.433. The molecule has 0 spiro atoms. The summed E-state index contributed by atoms with van der Waals surface area (Å²) in [6.07, 6.45) is 2.64. The van der Waals surface area contributed by atoms with Gasteiger partial charge in [-0.1, -0.05) is 31.2 Å². The molecule has 0 aromatic heterocycles. The molecule has 2 aliphatic carbocycles. The first-order valence-corrected chi connectivity index (χ1v) is 11.6. The summed E-state index contributed by atoms with van der Waals surface area (Å²) >= 11 is 0. The predicted octanol–water partition coefficient (Wildman–Crippen LogP) is 4.70. The summed E-state index contributed by atoms with van der Waals surface area (Å²) < 4.78 is 36.3. The van der Waals surface area contributed by atoms with Gasteiger partial charge in [0.1, 0.15) is 11.6 Å². The fourth-order valence-corrected chi connectivity index (χ4v) is 4.86. The SMILES string of the molecule is CC(=O)OC[C@@H]1C[C@@]1(CO)c1cccc(F)c1.CC[C@@]1(c2cccc(F)c2)C[C@H]1COC(C)=O. The zero-order valence-corrected chi connectivity index (χ0v) is 19.9. The van der Waals surface area contributed by atoms with Crippen molar-refractivity contribution in [2.24, 2.45) is 11.8 Å². The van der Waals surface area contributed by atoms with Crippen molar-refractivity contribution in [2.45, 2.75) is 50.9 Å². The summed E-state index contributed by atoms with van der Waals surface area (Å²) in [6.45, 7) is 5.54. The van der Waals surface area contributed by atoms with Gasteiger partial charge in [-0.15, -0.1) is 0 Å². The van der Waals surface area contributed by atoms with Crippen molar-refractivity contribution in [3.05, 3.63) is 71.3 Å². The first-order chi connectivity index (χ1) is 16.2. The second kappa shape index (κ2) is 10.6. The van der Waals surface area contributed by atoms with Gasteiger partial charge in [0.15, 0.2) is 0 Å². The molecule has 2 saturated carbocycles. The van der Waals surface area contributed by atoms with Gasteiger partial charge in [-0.25, -0.2) is 8.78 Å². The number of aliphatic hydroxyl groups excluding tert-OH is 1. The number of esters is 2. The van der Waals surface area contributed by atoms with Crippen LogP contribution in [0.15, 0.2) is 48.5 Å². The molecule has 1 N–H and O–H groups in total. The zero-order valence-electron chi connectivity index (χ0n) is 19.9. The molecular formula is C27H32F2O5. The van der Waals surface area contributed by atoms with Crippen LogP contribution in [0.3, 0.4) is 0 Å². The third kappa shape index (κ3) is 5.81. The van der Waals surface area contributed by atoms with Gasteiger partial charge in [0.05, 0.1) is 19.8 Å². The van der Waals surface area contributed by atoms with E-state index in [0.717, 1.165) is 30.4 Å². The van der Waals surface area contributed by atoms with Gasteiger partial charge in [0.25, 0.3) is 0 Å². The second-order valence-corrected chi connectivity index (χ2v) is 9.25. The molecule has 4 rings (SSSR count). The number of carbonyl (C=O) groups excluding carboxylic acids is 2. The Bertz CT molecular complexity index is 944. The molecule has 0 amide bonds. The maximum atomic E-state index is 13.2. The normalized spacial score (nSPS) is 26.6. The minimum Gasteiger partial charge on any atom is -0.466 e. The maximum Gasteiger partial charge on any atom is 0.302 e. The number of rotatable bonds is 8. The molecule has 0 radical (unpaired) electrons. The van der Waals surface area contributed by atoms with E-state index in [1.165, 1.54) is 32.0 Å². The highest BCUT2D eigenvalue weighted by atomic mass is 19.1. The van der Waals surface area contributed by atoms with E-state index >= 15 is 0 Å². The van der Waals surface area contributed by atoms with E-state index in [0.29, 0.717) is 12.5 Å². The first-order valence-electron chi connectivity index (χ1n) is 11.6. The Labute approximate surface area is 199 Å². The molecule has 2 aromatic rings. The molecule has 2 aromatic carbocycles. The molecule has 4 atom stereocenters. The molecule has 0 saturated heterocycles. The minimum absolute atomic E-state index is 0.0115. The fourth-order valence-electron chi connectivity index (χ4n) is 4.86. The number of hydrogen-bond donors (Lipinski definition) is 1. The molecule has 7 heteroatoms. The highest BCUT2D eigenvalue weighted by Crippen LogP contribution is 2.57. The average molecular weight is 475 g/mol. The lowest BCUT2D eigenvalue weighted by atomic mass is 9.90. The lowest BCUT2D eigenvalue weighted by Gasteiger charge is -2.15. The van der Waals surface area contributed by atoms with Crippen LogP contribution < -0.4 is 0 Å². The Balaban J connectivity index is 0.000000191. The molecule has 2 fully saturated rings. The number of carbonyl (C=O) groups is 2. The van der Waals surface area contributed by atoms with Crippen molar-refractivity contribution in [1.82, 2.24) is 0 Å². The lowest BCUT2D eigenvalue weighted by molar-refractivity contribution is -0.142. The largest absolute Gasteiger partial charge is 0.466 e. The Hall–Kier alpha value is -2.80. The molecule has 34 heavy (non-hydrogen) atoms. The van der Waals surface area contributed by atoms with Crippen molar-refractivity contribution in [3.8, 4) is 0 Å². The second-order valence-electron chi connectivity index (χ2n) is 9.25. The van der Waals surface area contributed by atoms with E-state index in [2.05, 4.69) is 6.92 Å². The summed E-state index contributed by atoms with van der Waals surface area (Å²) in [5, 5.41) is 9.47. The van der Waals surface area contributed by atoms with Crippen molar-refractivity contribution in [2.75, 3.05) is 19.8 Å². The van der Waals surface area contributed by atoms with E-state index in [4.69, 9.17) is 9.47 Å². The molecular weight excluding hydrogens is 442 g/mol. The van der Waals surface area contributed by atoms with Gasteiger partial charge in [-0.05, 0) is 54.7 Å². The summed E-state index contributed by atoms with van der Waals surface area (Å²) in [5.74, 6) is -0.678. The van der Waals surface area contributed by atoms with Crippen molar-refractivity contribution < 1.29 is 33.0 Å². The lowest BCUT2D eigenvalue weighted by Crippen LogP contribution is -2.18. The Morgan fingerprint density at radius 1 is 0.882 bits per heavy atom. The van der Waals surface area contributed by atoms with Gasteiger partial charge in [0.2, 0.25) is 0 Å². The van der Waals surface area contributed by atoms with Crippen LogP contribution in [0.25, 0.3) is 0 Å². The van der Waals surface area contributed by atoms with Crippen LogP contribution in [0, 0.1) is 23.5 Å². The Morgan fingerprint density at radius 2 is 1.32 bits per heavy atom. The number of aliphatic hydroxyl groups is 1. The Morgan fingerprint density at radius 3 is 1.74 bits per heavy atom. The van der Waals surface area contributed by atoms with Gasteiger partial charge < -0.3 is 14.6 Å². The molecule has 5 nitrogen and oxygen atoms in total. The standard InChI is InChI=1S/C14H17FO2.C13H15FO3/c1-3-14(8-12(14)9-17-10(2)16)11-5-4-6-13(15)7-11;1-9(16)17-7-11-6-13(11,8-15)10-3-2-4-12(14)5-10/h4-7,12H,3,8-9H2,1-2H3;2-5,11,15H,6-8H2,1H3/t12-,14-;11-,13+/m00/s1. The quantitative estimate of drug-likeness (QED) is 0.562. The third-order valence-corrected chi connectivity index (χ3v) is 7.15. The first kappa shape index (κ1) is 25.8. The van der Waals surface area contributed by atoms with Gasteiger partial charge in [-0.3, -0.25) is 9.59 Å². The molecule has 0 bridgehead atoms. The van der Waals surface area contributed by atoms with Crippen LogP contribution in [-0.4, -0.2) is 36.9 Å². The zero-order chi connectivity index (χ0) is 24.9. The van der Waals surface area contributed by atoms with E-state index in [1.807, 2.05) is 6.07 Å². The summed E-state index contributed by atoms with van der Waals surface area (Å²) in [6, 6.07) is 13.0. The number of benzene rings is 2. The summed E-state index contributed by atoms with van der Waals surface area (Å²) in [5.41, 5.74) is 1.38. The van der Waals surface area contributed by atoms with E-state index in [1.54, 1.807) is 24.3 Å². The molecule has 0 unspecified atom stereocenters. The summed E-state index contributed by atoms with van der Waals surface area (Å²) in [7, 11) is 0. The van der Waals surface area contributed by atoms with Crippen molar-refractivity contribution >= 4 is 11.9 Å². The number of hydrogen-bond acceptors (Lipinski definition) is 5. The van der Waals surface area contributed by atoms with Crippen molar-refractivity contribution in [1.29, 1.82) is 0 Å².